The topological polar surface area (TPSA) is 75.7 Å². The van der Waals surface area contributed by atoms with E-state index in [4.69, 9.17) is 16.3 Å². The van der Waals surface area contributed by atoms with Gasteiger partial charge in [-0.2, -0.15) is 0 Å². The smallest absolute Gasteiger partial charge is 0.262 e. The van der Waals surface area contributed by atoms with Crippen molar-refractivity contribution in [3.63, 3.8) is 0 Å². The van der Waals surface area contributed by atoms with Crippen LogP contribution in [-0.4, -0.2) is 38.8 Å². The highest BCUT2D eigenvalue weighted by molar-refractivity contribution is 7.89. The highest BCUT2D eigenvalue weighted by Gasteiger charge is 2.27. The molecule has 1 heterocycles. The summed E-state index contributed by atoms with van der Waals surface area (Å²) in [5.41, 5.74) is 0.378. The van der Waals surface area contributed by atoms with E-state index in [1.54, 1.807) is 0 Å². The van der Waals surface area contributed by atoms with Gasteiger partial charge >= 0.3 is 0 Å². The molecule has 2 rings (SSSR count). The first-order chi connectivity index (χ1) is 9.36. The lowest BCUT2D eigenvalue weighted by atomic mass is 10.2. The minimum atomic E-state index is -3.67. The van der Waals surface area contributed by atoms with Crippen molar-refractivity contribution in [2.24, 2.45) is 0 Å². The largest absolute Gasteiger partial charge is 0.482 e. The molecule has 6 nitrogen and oxygen atoms in total. The summed E-state index contributed by atoms with van der Waals surface area (Å²) < 4.78 is 31.2. The second-order valence-electron chi connectivity index (χ2n) is 4.44. The second kappa shape index (κ2) is 5.59. The van der Waals surface area contributed by atoms with Gasteiger partial charge in [-0.3, -0.25) is 4.79 Å². The summed E-state index contributed by atoms with van der Waals surface area (Å²) in [5.74, 6) is 0.00440. The minimum absolute atomic E-state index is 0.0231. The van der Waals surface area contributed by atoms with Gasteiger partial charge in [-0.25, -0.2) is 12.7 Å². The Labute approximate surface area is 122 Å². The van der Waals surface area contributed by atoms with Crippen LogP contribution < -0.4 is 10.1 Å². The number of fused-ring (bicyclic) bond motifs is 1. The number of nitrogens with one attached hydrogen (secondary N) is 1. The first-order valence-electron chi connectivity index (χ1n) is 6.08. The van der Waals surface area contributed by atoms with Crippen LogP contribution in [0.3, 0.4) is 0 Å². The predicted molar refractivity (Wildman–Crippen MR) is 75.7 cm³/mol. The standard InChI is InChI=1S/C12H15ClN2O4S/c1-3-4-15(2)20(17,18)11-6-10-9(5-8(11)13)14-12(16)7-19-10/h5-6H,3-4,7H2,1-2H3,(H,14,16). The second-order valence-corrected chi connectivity index (χ2v) is 6.86. The Hall–Kier alpha value is -1.31. The zero-order valence-corrected chi connectivity index (χ0v) is 12.7. The fraction of sp³-hybridized carbons (Fsp3) is 0.417. The number of anilines is 1. The number of carbonyl (C=O) groups excluding carboxylic acids is 1. The van der Waals surface area contributed by atoms with Crippen LogP contribution in [0.2, 0.25) is 5.02 Å². The van der Waals surface area contributed by atoms with Crippen molar-refractivity contribution in [1.82, 2.24) is 4.31 Å². The van der Waals surface area contributed by atoms with Crippen molar-refractivity contribution >= 4 is 33.2 Å². The molecule has 20 heavy (non-hydrogen) atoms. The molecule has 8 heteroatoms. The molecule has 0 spiro atoms. The molecule has 0 bridgehead atoms. The molecular weight excluding hydrogens is 304 g/mol. The Bertz CT molecular complexity index is 645. The van der Waals surface area contributed by atoms with Gasteiger partial charge < -0.3 is 10.1 Å². The average Bonchev–Trinajstić information content (AvgIpc) is 2.37. The number of benzene rings is 1. The molecule has 1 amide bonds. The summed E-state index contributed by atoms with van der Waals surface area (Å²) in [7, 11) is -2.17. The van der Waals surface area contributed by atoms with Crippen LogP contribution in [0.5, 0.6) is 5.75 Å². The number of nitrogens with zero attached hydrogens (tertiary/aromatic N) is 1. The van der Waals surface area contributed by atoms with Crippen LogP contribution >= 0.6 is 11.6 Å². The third-order valence-corrected chi connectivity index (χ3v) is 5.22. The van der Waals surface area contributed by atoms with E-state index in [0.717, 1.165) is 0 Å². The molecule has 0 atom stereocenters. The third kappa shape index (κ3) is 2.74. The molecule has 0 unspecified atom stereocenters. The van der Waals surface area contributed by atoms with Crippen molar-refractivity contribution in [3.05, 3.63) is 17.2 Å². The van der Waals surface area contributed by atoms with Crippen LogP contribution in [0.15, 0.2) is 17.0 Å². The Morgan fingerprint density at radius 3 is 2.80 bits per heavy atom. The summed E-state index contributed by atoms with van der Waals surface area (Å²) in [4.78, 5) is 11.2. The van der Waals surface area contributed by atoms with Crippen LogP contribution in [0.1, 0.15) is 13.3 Å². The molecule has 1 aromatic rings. The van der Waals surface area contributed by atoms with Crippen molar-refractivity contribution in [3.8, 4) is 5.75 Å². The van der Waals surface area contributed by atoms with E-state index in [1.165, 1.54) is 23.5 Å². The summed E-state index contributed by atoms with van der Waals surface area (Å²) in [6.07, 6.45) is 0.699. The molecule has 1 aliphatic heterocycles. The molecule has 0 fully saturated rings. The van der Waals surface area contributed by atoms with E-state index < -0.39 is 10.0 Å². The zero-order valence-electron chi connectivity index (χ0n) is 11.1. The van der Waals surface area contributed by atoms with Gasteiger partial charge in [-0.15, -0.1) is 0 Å². The fourth-order valence-electron chi connectivity index (χ4n) is 1.88. The van der Waals surface area contributed by atoms with E-state index in [2.05, 4.69) is 5.32 Å². The van der Waals surface area contributed by atoms with E-state index in [9.17, 15) is 13.2 Å². The number of hydrogen-bond donors (Lipinski definition) is 1. The number of ether oxygens (including phenoxy) is 1. The maximum absolute atomic E-state index is 12.4. The fourth-order valence-corrected chi connectivity index (χ4v) is 3.66. The normalized spacial score (nSPS) is 14.7. The SMILES string of the molecule is CCCN(C)S(=O)(=O)c1cc2c(cc1Cl)NC(=O)CO2. The van der Waals surface area contributed by atoms with Gasteiger partial charge in [-0.05, 0) is 12.5 Å². The monoisotopic (exact) mass is 318 g/mol. The first-order valence-corrected chi connectivity index (χ1v) is 7.90. The lowest BCUT2D eigenvalue weighted by molar-refractivity contribution is -0.118. The van der Waals surface area contributed by atoms with Crippen LogP contribution in [-0.2, 0) is 14.8 Å². The molecule has 0 saturated carbocycles. The molecule has 110 valence electrons. The highest BCUT2D eigenvalue weighted by atomic mass is 35.5. The van der Waals surface area contributed by atoms with Gasteiger partial charge in [0.1, 0.15) is 10.6 Å². The van der Waals surface area contributed by atoms with E-state index >= 15 is 0 Å². The van der Waals surface area contributed by atoms with Gasteiger partial charge in [0.15, 0.2) is 6.61 Å². The molecule has 0 saturated heterocycles. The van der Waals surface area contributed by atoms with Crippen LogP contribution in [0, 0.1) is 0 Å². The molecule has 0 radical (unpaired) electrons. The lowest BCUT2D eigenvalue weighted by Crippen LogP contribution is -2.29. The third-order valence-electron chi connectivity index (χ3n) is 2.89. The highest BCUT2D eigenvalue weighted by Crippen LogP contribution is 2.36. The molecule has 0 aromatic heterocycles. The molecule has 1 N–H and O–H groups in total. The number of sulfonamides is 1. The number of amides is 1. The Balaban J connectivity index is 2.46. The average molecular weight is 319 g/mol. The zero-order chi connectivity index (χ0) is 14.9. The Morgan fingerprint density at radius 1 is 1.45 bits per heavy atom. The Morgan fingerprint density at radius 2 is 2.15 bits per heavy atom. The van der Waals surface area contributed by atoms with Gasteiger partial charge in [0.05, 0.1) is 10.7 Å². The molecular formula is C12H15ClN2O4S. The lowest BCUT2D eigenvalue weighted by Gasteiger charge is -2.21. The van der Waals surface area contributed by atoms with Crippen LogP contribution in [0.25, 0.3) is 0 Å². The number of hydrogen-bond acceptors (Lipinski definition) is 4. The number of carbonyl (C=O) groups is 1. The maximum atomic E-state index is 12.4. The van der Waals surface area contributed by atoms with Crippen LogP contribution in [0.4, 0.5) is 5.69 Å². The maximum Gasteiger partial charge on any atom is 0.262 e. The number of halogens is 1. The number of rotatable bonds is 4. The van der Waals surface area contributed by atoms with E-state index in [-0.39, 0.29) is 22.4 Å². The Kier molecular flexibility index (Phi) is 4.22. The predicted octanol–water partition coefficient (Wildman–Crippen LogP) is 1.70. The van der Waals surface area contributed by atoms with E-state index in [1.807, 2.05) is 6.92 Å². The molecule has 1 aliphatic rings. The van der Waals surface area contributed by atoms with Crippen molar-refractivity contribution in [1.29, 1.82) is 0 Å². The summed E-state index contributed by atoms with van der Waals surface area (Å²) >= 11 is 6.02. The molecule has 1 aromatic carbocycles. The summed E-state index contributed by atoms with van der Waals surface area (Å²) in [5, 5.41) is 2.63. The van der Waals surface area contributed by atoms with Gasteiger partial charge in [0, 0.05) is 19.7 Å². The van der Waals surface area contributed by atoms with Gasteiger partial charge in [0.25, 0.3) is 5.91 Å². The summed E-state index contributed by atoms with van der Waals surface area (Å²) in [6, 6.07) is 2.74. The minimum Gasteiger partial charge on any atom is -0.482 e. The molecule has 0 aliphatic carbocycles. The van der Waals surface area contributed by atoms with Crippen molar-refractivity contribution < 1.29 is 17.9 Å². The quantitative estimate of drug-likeness (QED) is 0.917. The van der Waals surface area contributed by atoms with Gasteiger partial charge in [-0.1, -0.05) is 18.5 Å². The van der Waals surface area contributed by atoms with Crippen molar-refractivity contribution in [2.75, 3.05) is 25.5 Å². The summed E-state index contributed by atoms with van der Waals surface area (Å²) in [6.45, 7) is 2.14. The van der Waals surface area contributed by atoms with Crippen molar-refractivity contribution in [2.45, 2.75) is 18.2 Å². The first kappa shape index (κ1) is 15.1. The van der Waals surface area contributed by atoms with Gasteiger partial charge in [0.2, 0.25) is 10.0 Å². The van der Waals surface area contributed by atoms with E-state index in [0.29, 0.717) is 24.4 Å².